The number of ether oxygens (including phenoxy) is 2. The number of hydrogen-bond donors (Lipinski definition) is 0. The summed E-state index contributed by atoms with van der Waals surface area (Å²) < 4.78 is 10.9. The first-order chi connectivity index (χ1) is 26.8. The third-order valence-electron chi connectivity index (χ3n) is 12.1. The van der Waals surface area contributed by atoms with E-state index in [4.69, 9.17) is 29.7 Å². The standard InChI is InChI=1S/C47H57N4O5.Mg/c1-11-15-25(4)16-14-17-26(5)20-21-56-40(52)19-18-33-29(8)36-22-34-27(6)31(12-2)38(48-34)23-35-28(7)32(13-3)39(49-35)24-37-30(9)41-45(51-37)42(44(33)50-36)43(46(41)53)47(54)55-10;/h12,20,22-25,29,33,43H,2,11,13-19,21H2,1,3-10H3,(H-,50,51,53);/q-3;+2/p-1/b26-20-,35-23-,36-22-,39-24-;/t25-,29+,33+,43-;/m1./s1. The Balaban J connectivity index is 0.00000620. The van der Waals surface area contributed by atoms with Crippen molar-refractivity contribution in [3.05, 3.63) is 102 Å². The Kier molecular flexibility index (Phi) is 14.3. The molecule has 2 aliphatic heterocycles. The number of ketones is 1. The average Bonchev–Trinajstić information content (AvgIpc) is 3.91. The van der Waals surface area contributed by atoms with Crippen molar-refractivity contribution in [1.82, 2.24) is 15.0 Å². The van der Waals surface area contributed by atoms with Crippen LogP contribution in [0.2, 0.25) is 0 Å². The summed E-state index contributed by atoms with van der Waals surface area (Å²) in [4.78, 5) is 56.2. The van der Waals surface area contributed by atoms with Crippen LogP contribution in [0.15, 0.2) is 29.6 Å². The van der Waals surface area contributed by atoms with Crippen LogP contribution in [0.4, 0.5) is 0 Å². The quantitative estimate of drug-likeness (QED) is 0.0712. The van der Waals surface area contributed by atoms with Gasteiger partial charge in [0.1, 0.15) is 12.5 Å². The first-order valence-corrected chi connectivity index (χ1v) is 20.3. The summed E-state index contributed by atoms with van der Waals surface area (Å²) in [6, 6.07) is 0. The van der Waals surface area contributed by atoms with Gasteiger partial charge >= 0.3 is 35.0 Å². The second-order valence-electron chi connectivity index (χ2n) is 15.9. The largest absolute Gasteiger partial charge is 2.00 e. The van der Waals surface area contributed by atoms with E-state index in [0.29, 0.717) is 40.2 Å². The number of aromatic nitrogens is 3. The molecule has 0 spiro atoms. The van der Waals surface area contributed by atoms with Gasteiger partial charge in [-0.25, -0.2) is 0 Å². The number of allylic oxidation sites excluding steroid dienone is 3. The molecule has 3 aliphatic rings. The van der Waals surface area contributed by atoms with Crippen molar-refractivity contribution in [2.75, 3.05) is 13.7 Å². The minimum Gasteiger partial charge on any atom is -0.664 e. The zero-order chi connectivity index (χ0) is 40.4. The molecule has 3 aromatic rings. The van der Waals surface area contributed by atoms with E-state index in [9.17, 15) is 14.4 Å². The average molecular weight is 781 g/mol. The fourth-order valence-corrected chi connectivity index (χ4v) is 8.74. The normalized spacial score (nSPS) is 22.3. The Hall–Kier alpha value is -4.28. The number of hydrogen-bond acceptors (Lipinski definition) is 5. The molecular formula is C47H56MgN4O5-2. The van der Waals surface area contributed by atoms with Gasteiger partial charge in [-0.3, -0.25) is 14.4 Å². The summed E-state index contributed by atoms with van der Waals surface area (Å²) in [5.41, 5.74) is 10.7. The van der Waals surface area contributed by atoms with Gasteiger partial charge in [0.15, 0.2) is 5.78 Å². The van der Waals surface area contributed by atoms with Crippen molar-refractivity contribution in [3.63, 3.8) is 0 Å². The van der Waals surface area contributed by atoms with Gasteiger partial charge in [0.25, 0.3) is 0 Å². The van der Waals surface area contributed by atoms with E-state index in [-0.39, 0.29) is 59.7 Å². The van der Waals surface area contributed by atoms with E-state index in [1.807, 2.05) is 44.2 Å². The van der Waals surface area contributed by atoms with Gasteiger partial charge in [-0.05, 0) is 82.8 Å². The van der Waals surface area contributed by atoms with Crippen molar-refractivity contribution in [1.29, 1.82) is 0 Å². The topological polar surface area (TPSA) is 126 Å². The van der Waals surface area contributed by atoms with Gasteiger partial charge in [-0.1, -0.05) is 111 Å². The number of Topliss-reactive ketones (excluding diaryl/α,β-unsaturated/α-hetero) is 1. The maximum atomic E-state index is 14.3. The molecule has 0 unspecified atom stereocenters. The molecular weight excluding hydrogens is 725 g/mol. The van der Waals surface area contributed by atoms with Gasteiger partial charge in [-0.2, -0.15) is 11.4 Å². The molecule has 8 bridgehead atoms. The minimum absolute atomic E-state index is 0. The Morgan fingerprint density at radius 3 is 2.35 bits per heavy atom. The van der Waals surface area contributed by atoms with Crippen LogP contribution in [-0.4, -0.2) is 54.5 Å². The summed E-state index contributed by atoms with van der Waals surface area (Å²) in [6.45, 7) is 21.1. The van der Waals surface area contributed by atoms with Crippen LogP contribution in [0, 0.1) is 44.4 Å². The number of carbonyl (C=O) groups is 3. The molecule has 1 saturated heterocycles. The first-order valence-electron chi connectivity index (χ1n) is 20.3. The second kappa shape index (κ2) is 18.5. The maximum absolute atomic E-state index is 14.3. The predicted octanol–water partition coefficient (Wildman–Crippen LogP) is 7.53. The fourth-order valence-electron chi connectivity index (χ4n) is 8.74. The molecule has 5 heterocycles. The third-order valence-corrected chi connectivity index (χ3v) is 12.1. The van der Waals surface area contributed by atoms with Gasteiger partial charge in [-0.15, -0.1) is 33.5 Å². The molecule has 0 amide bonds. The number of nitrogens with zero attached hydrogens (tertiary/aromatic N) is 4. The van der Waals surface area contributed by atoms with E-state index in [1.165, 1.54) is 31.9 Å². The van der Waals surface area contributed by atoms with E-state index >= 15 is 0 Å². The van der Waals surface area contributed by atoms with E-state index in [2.05, 4.69) is 48.1 Å². The van der Waals surface area contributed by atoms with Crippen molar-refractivity contribution in [3.8, 4) is 0 Å². The van der Waals surface area contributed by atoms with Crippen molar-refractivity contribution >= 4 is 70.7 Å². The Morgan fingerprint density at radius 1 is 0.947 bits per heavy atom. The van der Waals surface area contributed by atoms with Crippen LogP contribution in [-0.2, 0) is 25.5 Å². The molecule has 0 aromatic carbocycles. The molecule has 1 aliphatic carbocycles. The van der Waals surface area contributed by atoms with Crippen LogP contribution < -0.4 is 25.7 Å². The second-order valence-corrected chi connectivity index (χ2v) is 15.9. The zero-order valence-corrected chi connectivity index (χ0v) is 36.7. The number of rotatable bonds is 14. The van der Waals surface area contributed by atoms with E-state index in [1.54, 1.807) is 0 Å². The molecule has 1 fully saturated rings. The van der Waals surface area contributed by atoms with Gasteiger partial charge in [0, 0.05) is 12.0 Å². The Morgan fingerprint density at radius 2 is 1.67 bits per heavy atom. The summed E-state index contributed by atoms with van der Waals surface area (Å²) in [7, 11) is 1.29. The van der Waals surface area contributed by atoms with Crippen LogP contribution in [0.5, 0.6) is 0 Å². The summed E-state index contributed by atoms with van der Waals surface area (Å²) >= 11 is 0. The molecule has 6 rings (SSSR count). The summed E-state index contributed by atoms with van der Waals surface area (Å²) in [6.07, 6.45) is 16.8. The third kappa shape index (κ3) is 8.63. The Bertz CT molecular complexity index is 2280. The monoisotopic (exact) mass is 780 g/mol. The smallest absolute Gasteiger partial charge is 0.664 e. The van der Waals surface area contributed by atoms with Gasteiger partial charge < -0.3 is 29.7 Å². The minimum atomic E-state index is -1.22. The first kappa shape index (κ1) is 43.8. The van der Waals surface area contributed by atoms with Crippen LogP contribution in [0.3, 0.4) is 0 Å². The van der Waals surface area contributed by atoms with Crippen molar-refractivity contribution in [2.24, 2.45) is 23.7 Å². The molecule has 0 saturated carbocycles. The molecule has 9 nitrogen and oxygen atoms in total. The number of fused-ring (bicyclic) bond motifs is 7. The molecule has 57 heavy (non-hydrogen) atoms. The molecule has 3 aromatic heterocycles. The van der Waals surface area contributed by atoms with Crippen LogP contribution in [0.1, 0.15) is 141 Å². The van der Waals surface area contributed by atoms with Gasteiger partial charge in [0.2, 0.25) is 0 Å². The number of esters is 2. The molecule has 298 valence electrons. The fraction of sp³-hybridized carbons (Fsp3) is 0.468. The summed E-state index contributed by atoms with van der Waals surface area (Å²) in [5.74, 6) is -2.31. The van der Waals surface area contributed by atoms with Crippen molar-refractivity contribution in [2.45, 2.75) is 107 Å². The van der Waals surface area contributed by atoms with E-state index < -0.39 is 11.9 Å². The number of carbonyl (C=O) groups excluding carboxylic acids is 3. The van der Waals surface area contributed by atoms with Gasteiger partial charge in [0.05, 0.1) is 7.11 Å². The molecule has 4 atom stereocenters. The number of methoxy groups -OCH3 is 1. The van der Waals surface area contributed by atoms with Crippen molar-refractivity contribution < 1.29 is 23.9 Å². The SMILES string of the molecule is C=Cc1c2[n-]c(c1C)/C=C1\[N-]/C(=C3\c4[n-]c(c(C)c4C(=O)[C@@H]3C(=O)OC)/C=c3\[n-]/c(c(C)c3CC)=C\2)[C@@H](CCC(=O)OC/C=C(/C)CCC[C@H](C)CCC)[C@@H]1C.[Mg+2]. The molecule has 0 N–H and O–H groups in total. The van der Waals surface area contributed by atoms with Crippen LogP contribution in [0.25, 0.3) is 35.2 Å². The predicted molar refractivity (Wildman–Crippen MR) is 228 cm³/mol. The van der Waals surface area contributed by atoms with E-state index in [0.717, 1.165) is 75.2 Å². The zero-order valence-electron chi connectivity index (χ0n) is 35.3. The summed E-state index contributed by atoms with van der Waals surface area (Å²) in [5, 5.41) is 6.80. The molecule has 10 heteroatoms. The Labute approximate surface area is 353 Å². The van der Waals surface area contributed by atoms with Crippen LogP contribution >= 0.6 is 0 Å². The molecule has 0 radical (unpaired) electrons. The maximum Gasteiger partial charge on any atom is 2.00 e.